The van der Waals surface area contributed by atoms with Crippen LogP contribution in [0.4, 0.5) is 0 Å². The number of hydrogen-bond acceptors (Lipinski definition) is 5. The number of rotatable bonds is 4. The van der Waals surface area contributed by atoms with Gasteiger partial charge >= 0.3 is 5.97 Å². The van der Waals surface area contributed by atoms with Gasteiger partial charge in [0.1, 0.15) is 6.26 Å². The largest absolute Gasteiger partial charge is 0.481 e. The number of aliphatic carboxylic acids is 1. The van der Waals surface area contributed by atoms with Gasteiger partial charge in [-0.25, -0.2) is 4.98 Å². The summed E-state index contributed by atoms with van der Waals surface area (Å²) in [5.74, 6) is -0.430. The summed E-state index contributed by atoms with van der Waals surface area (Å²) in [6, 6.07) is 0. The monoisotopic (exact) mass is 201 g/mol. The van der Waals surface area contributed by atoms with Gasteiger partial charge in [0.15, 0.2) is 5.89 Å². The zero-order chi connectivity index (χ0) is 11.0. The van der Waals surface area contributed by atoms with E-state index >= 15 is 0 Å². The van der Waals surface area contributed by atoms with Crippen molar-refractivity contribution in [2.45, 2.75) is 19.4 Å². The van der Waals surface area contributed by atoms with Crippen molar-refractivity contribution < 1.29 is 14.3 Å². The highest BCUT2D eigenvalue weighted by Crippen LogP contribution is 2.03. The van der Waals surface area contributed by atoms with Crippen molar-refractivity contribution in [3.05, 3.63) is 17.8 Å². The third-order valence-corrected chi connectivity index (χ3v) is 1.36. The van der Waals surface area contributed by atoms with E-state index in [2.05, 4.69) is 10.7 Å². The van der Waals surface area contributed by atoms with Crippen LogP contribution < -0.4 is 11.5 Å². The van der Waals surface area contributed by atoms with Gasteiger partial charge in [0.25, 0.3) is 0 Å². The average molecular weight is 201 g/mol. The fourth-order valence-corrected chi connectivity index (χ4v) is 0.771. The van der Waals surface area contributed by atoms with Gasteiger partial charge in [-0.3, -0.25) is 4.79 Å². The van der Waals surface area contributed by atoms with Crippen LogP contribution in [0, 0.1) is 0 Å². The van der Waals surface area contributed by atoms with Crippen molar-refractivity contribution in [1.82, 2.24) is 4.98 Å². The standard InChI is InChI=1S/C7H10N2O3.CH5N/c8-3-5-4-12-6(9-5)1-2-7(10)11;1-2/h4H,1-3,8H2,(H,10,11);2H2,1H3. The summed E-state index contributed by atoms with van der Waals surface area (Å²) < 4.78 is 4.95. The van der Waals surface area contributed by atoms with Gasteiger partial charge in [-0.2, -0.15) is 0 Å². The van der Waals surface area contributed by atoms with Crippen molar-refractivity contribution in [2.24, 2.45) is 11.5 Å². The third-order valence-electron chi connectivity index (χ3n) is 1.36. The molecule has 5 N–H and O–H groups in total. The van der Waals surface area contributed by atoms with E-state index in [1.807, 2.05) is 0 Å². The minimum Gasteiger partial charge on any atom is -0.481 e. The highest BCUT2D eigenvalue weighted by atomic mass is 16.4. The maximum atomic E-state index is 10.2. The number of nitrogens with two attached hydrogens (primary N) is 2. The zero-order valence-corrected chi connectivity index (χ0v) is 8.06. The molecule has 0 unspecified atom stereocenters. The second kappa shape index (κ2) is 7.05. The Bertz CT molecular complexity index is 273. The van der Waals surface area contributed by atoms with Gasteiger partial charge in [-0.15, -0.1) is 0 Å². The summed E-state index contributed by atoms with van der Waals surface area (Å²) in [5.41, 5.74) is 10.4. The molecular weight excluding hydrogens is 186 g/mol. The third kappa shape index (κ3) is 4.58. The number of carboxylic acid groups (broad SMARTS) is 1. The second-order valence-corrected chi connectivity index (χ2v) is 2.33. The molecule has 0 amide bonds. The average Bonchev–Trinajstić information content (AvgIpc) is 2.65. The van der Waals surface area contributed by atoms with E-state index in [1.165, 1.54) is 13.3 Å². The molecule has 1 heterocycles. The van der Waals surface area contributed by atoms with Crippen LogP contribution in [0.5, 0.6) is 0 Å². The predicted octanol–water partition coefficient (Wildman–Crippen LogP) is -0.275. The van der Waals surface area contributed by atoms with Gasteiger partial charge < -0.3 is 21.0 Å². The van der Waals surface area contributed by atoms with Crippen LogP contribution in [0.1, 0.15) is 18.0 Å². The lowest BCUT2D eigenvalue weighted by Gasteiger charge is -1.88. The number of aromatic nitrogens is 1. The van der Waals surface area contributed by atoms with Crippen LogP contribution in [0.3, 0.4) is 0 Å². The number of aryl methyl sites for hydroxylation is 1. The summed E-state index contributed by atoms with van der Waals surface area (Å²) >= 11 is 0. The molecule has 6 nitrogen and oxygen atoms in total. The van der Waals surface area contributed by atoms with Crippen molar-refractivity contribution >= 4 is 5.97 Å². The Labute approximate surface area is 81.9 Å². The molecule has 1 rings (SSSR count). The molecule has 0 bridgehead atoms. The summed E-state index contributed by atoms with van der Waals surface area (Å²) in [4.78, 5) is 14.1. The van der Waals surface area contributed by atoms with E-state index in [0.717, 1.165) is 0 Å². The van der Waals surface area contributed by atoms with E-state index in [-0.39, 0.29) is 6.42 Å². The maximum absolute atomic E-state index is 10.2. The van der Waals surface area contributed by atoms with Crippen LogP contribution in [-0.4, -0.2) is 23.1 Å². The molecule has 0 aromatic carbocycles. The Balaban J connectivity index is 0.000000791. The molecule has 1 aromatic rings. The number of hydrogen-bond donors (Lipinski definition) is 3. The first-order chi connectivity index (χ1) is 6.72. The van der Waals surface area contributed by atoms with Crippen molar-refractivity contribution in [3.8, 4) is 0 Å². The SMILES string of the molecule is CN.NCc1coc(CCC(=O)O)n1. The van der Waals surface area contributed by atoms with E-state index in [4.69, 9.17) is 15.3 Å². The molecule has 1 aromatic heterocycles. The quantitative estimate of drug-likeness (QED) is 0.617. The van der Waals surface area contributed by atoms with E-state index in [0.29, 0.717) is 24.6 Å². The molecular formula is C8H15N3O3. The lowest BCUT2D eigenvalue weighted by atomic mass is 10.3. The number of nitrogens with zero attached hydrogens (tertiary/aromatic N) is 1. The summed E-state index contributed by atoms with van der Waals surface area (Å²) in [6.45, 7) is 0.316. The Hall–Kier alpha value is -1.40. The second-order valence-electron chi connectivity index (χ2n) is 2.33. The molecule has 0 aliphatic heterocycles. The minimum absolute atomic E-state index is 0.0323. The molecule has 0 spiro atoms. The smallest absolute Gasteiger partial charge is 0.303 e. The Kier molecular flexibility index (Phi) is 6.34. The van der Waals surface area contributed by atoms with Crippen molar-refractivity contribution in [1.29, 1.82) is 0 Å². The first kappa shape index (κ1) is 12.6. The molecule has 0 radical (unpaired) electrons. The lowest BCUT2D eigenvalue weighted by molar-refractivity contribution is -0.137. The predicted molar refractivity (Wildman–Crippen MR) is 50.5 cm³/mol. The van der Waals surface area contributed by atoms with Crippen LogP contribution in [0.25, 0.3) is 0 Å². The Morgan fingerprint density at radius 2 is 2.29 bits per heavy atom. The number of oxazole rings is 1. The normalized spacial score (nSPS) is 9.07. The fourth-order valence-electron chi connectivity index (χ4n) is 0.771. The Morgan fingerprint density at radius 1 is 1.64 bits per heavy atom. The summed E-state index contributed by atoms with van der Waals surface area (Å²) in [5, 5.41) is 8.34. The molecule has 80 valence electrons. The molecule has 6 heteroatoms. The first-order valence-corrected chi connectivity index (χ1v) is 4.15. The van der Waals surface area contributed by atoms with Crippen LogP contribution in [-0.2, 0) is 17.8 Å². The number of carboxylic acids is 1. The molecule has 0 aliphatic rings. The van der Waals surface area contributed by atoms with Crippen LogP contribution in [0.2, 0.25) is 0 Å². The van der Waals surface area contributed by atoms with E-state index in [9.17, 15) is 4.79 Å². The van der Waals surface area contributed by atoms with Crippen LogP contribution in [0.15, 0.2) is 10.7 Å². The number of carbonyl (C=O) groups is 1. The van der Waals surface area contributed by atoms with E-state index < -0.39 is 5.97 Å². The molecule has 0 saturated carbocycles. The topological polar surface area (TPSA) is 115 Å². The van der Waals surface area contributed by atoms with Crippen molar-refractivity contribution in [2.75, 3.05) is 7.05 Å². The van der Waals surface area contributed by atoms with Crippen LogP contribution >= 0.6 is 0 Å². The highest BCUT2D eigenvalue weighted by molar-refractivity contribution is 5.66. The first-order valence-electron chi connectivity index (χ1n) is 4.15. The van der Waals surface area contributed by atoms with Gasteiger partial charge in [0, 0.05) is 13.0 Å². The van der Waals surface area contributed by atoms with Crippen molar-refractivity contribution in [3.63, 3.8) is 0 Å². The molecule has 14 heavy (non-hydrogen) atoms. The molecule has 0 aliphatic carbocycles. The Morgan fingerprint density at radius 3 is 2.71 bits per heavy atom. The summed E-state index contributed by atoms with van der Waals surface area (Å²) in [6.07, 6.45) is 1.79. The molecule has 0 atom stereocenters. The van der Waals surface area contributed by atoms with Gasteiger partial charge in [0.05, 0.1) is 12.1 Å². The van der Waals surface area contributed by atoms with Gasteiger partial charge in [-0.05, 0) is 7.05 Å². The molecule has 0 saturated heterocycles. The van der Waals surface area contributed by atoms with Gasteiger partial charge in [-0.1, -0.05) is 0 Å². The maximum Gasteiger partial charge on any atom is 0.303 e. The summed E-state index contributed by atoms with van der Waals surface area (Å²) in [7, 11) is 1.50. The zero-order valence-electron chi connectivity index (χ0n) is 8.06. The van der Waals surface area contributed by atoms with E-state index in [1.54, 1.807) is 0 Å². The molecule has 0 fully saturated rings. The van der Waals surface area contributed by atoms with Gasteiger partial charge in [0.2, 0.25) is 0 Å². The lowest BCUT2D eigenvalue weighted by Crippen LogP contribution is -1.99. The highest BCUT2D eigenvalue weighted by Gasteiger charge is 2.04. The minimum atomic E-state index is -0.859. The fraction of sp³-hybridized carbons (Fsp3) is 0.500.